The van der Waals surface area contributed by atoms with Gasteiger partial charge in [-0.2, -0.15) is 17.9 Å². The molecule has 0 radical (unpaired) electrons. The Morgan fingerprint density at radius 2 is 1.56 bits per heavy atom. The molecule has 0 fully saturated rings. The van der Waals surface area contributed by atoms with Crippen LogP contribution in [0.5, 0.6) is 0 Å². The smallest absolute Gasteiger partial charge is 0.330 e. The minimum absolute atomic E-state index is 0.00777. The zero-order chi connectivity index (χ0) is 26.3. The number of para-hydroxylation sites is 1. The Balaban J connectivity index is 1.92. The Kier molecular flexibility index (Phi) is 6.68. The summed E-state index contributed by atoms with van der Waals surface area (Å²) in [5.74, 6) is 0. The van der Waals surface area contributed by atoms with Crippen LogP contribution < -0.4 is 4.72 Å². The quantitative estimate of drug-likeness (QED) is 0.378. The minimum atomic E-state index is -4.55. The summed E-state index contributed by atoms with van der Waals surface area (Å²) in [6, 6.07) is 17.5. The summed E-state index contributed by atoms with van der Waals surface area (Å²) in [6.07, 6.45) is -4.55. The number of halogens is 3. The zero-order valence-electron chi connectivity index (χ0n) is 19.7. The molecule has 36 heavy (non-hydrogen) atoms. The van der Waals surface area contributed by atoms with Crippen LogP contribution >= 0.6 is 0 Å². The highest BCUT2D eigenvalue weighted by Gasteiger charge is 2.32. The Morgan fingerprint density at radius 1 is 0.944 bits per heavy atom. The molecule has 1 N–H and O–H groups in total. The lowest BCUT2D eigenvalue weighted by atomic mass is 10.0. The average molecular weight is 516 g/mol. The van der Waals surface area contributed by atoms with Crippen molar-refractivity contribution < 1.29 is 26.4 Å². The van der Waals surface area contributed by atoms with Crippen molar-refractivity contribution in [3.05, 3.63) is 101 Å². The molecule has 0 bridgehead atoms. The van der Waals surface area contributed by atoms with Gasteiger partial charge in [0.25, 0.3) is 0 Å². The van der Waals surface area contributed by atoms with Gasteiger partial charge in [-0.25, -0.2) is 13.2 Å². The Morgan fingerprint density at radius 3 is 2.14 bits per heavy atom. The first-order valence-electron chi connectivity index (χ1n) is 11.0. The van der Waals surface area contributed by atoms with Gasteiger partial charge in [-0.3, -0.25) is 4.57 Å². The highest BCUT2D eigenvalue weighted by Crippen LogP contribution is 2.34. The van der Waals surface area contributed by atoms with Crippen LogP contribution in [-0.2, 0) is 16.2 Å². The lowest BCUT2D eigenvalue weighted by Crippen LogP contribution is -2.34. The summed E-state index contributed by atoms with van der Waals surface area (Å²) in [5, 5.41) is 0.675. The number of carbonyl (C=O) groups is 1. The van der Waals surface area contributed by atoms with Crippen molar-refractivity contribution in [3.63, 3.8) is 0 Å². The van der Waals surface area contributed by atoms with Crippen LogP contribution in [0.2, 0.25) is 0 Å². The maximum atomic E-state index is 13.4. The third-order valence-corrected chi connectivity index (χ3v) is 7.22. The molecule has 1 amide bonds. The molecule has 0 aliphatic rings. The molecule has 4 aromatic rings. The van der Waals surface area contributed by atoms with E-state index in [0.717, 1.165) is 17.7 Å². The SMILES string of the molecule is Cc1ccc(S(=O)(=O)N[C@H](c2ccc(C(F)(F)F)cc2)c2cc3ccccc3n2C(=O)N(C)C)cc1. The fraction of sp³-hybridized carbons (Fsp3) is 0.192. The molecular formula is C26H24F3N3O3S. The molecular weight excluding hydrogens is 491 g/mol. The van der Waals surface area contributed by atoms with Crippen molar-refractivity contribution in [2.45, 2.75) is 24.0 Å². The van der Waals surface area contributed by atoms with Crippen LogP contribution in [0.4, 0.5) is 18.0 Å². The molecule has 10 heteroatoms. The van der Waals surface area contributed by atoms with Gasteiger partial charge in [-0.05, 0) is 48.9 Å². The molecule has 0 saturated carbocycles. The van der Waals surface area contributed by atoms with Crippen LogP contribution in [0.3, 0.4) is 0 Å². The van der Waals surface area contributed by atoms with Gasteiger partial charge in [0.1, 0.15) is 0 Å². The second-order valence-corrected chi connectivity index (χ2v) is 10.3. The second-order valence-electron chi connectivity index (χ2n) is 8.63. The molecule has 3 aromatic carbocycles. The normalized spacial score (nSPS) is 13.1. The van der Waals surface area contributed by atoms with E-state index in [9.17, 15) is 26.4 Å². The number of alkyl halides is 3. The predicted octanol–water partition coefficient (Wildman–Crippen LogP) is 5.57. The molecule has 0 aliphatic carbocycles. The lowest BCUT2D eigenvalue weighted by Gasteiger charge is -2.23. The first kappa shape index (κ1) is 25.5. The molecule has 4 rings (SSSR count). The first-order valence-corrected chi connectivity index (χ1v) is 12.4. The number of sulfonamides is 1. The van der Waals surface area contributed by atoms with E-state index in [4.69, 9.17) is 0 Å². The second kappa shape index (κ2) is 9.44. The number of benzene rings is 3. The molecule has 188 valence electrons. The fourth-order valence-electron chi connectivity index (χ4n) is 3.91. The predicted molar refractivity (Wildman–Crippen MR) is 131 cm³/mol. The third kappa shape index (κ3) is 5.00. The van der Waals surface area contributed by atoms with E-state index in [1.54, 1.807) is 56.6 Å². The standard InChI is InChI=1S/C26H24F3N3O3S/c1-17-8-14-21(15-9-17)36(34,35)30-24(18-10-12-20(13-11-18)26(27,28)29)23-16-19-6-4-5-7-22(19)32(23)25(33)31(2)3/h4-16,24,30H,1-3H3/t24-/m1/s1. The summed E-state index contributed by atoms with van der Waals surface area (Å²) < 4.78 is 70.3. The molecule has 0 saturated heterocycles. The van der Waals surface area contributed by atoms with Gasteiger partial charge in [-0.1, -0.05) is 48.0 Å². The van der Waals surface area contributed by atoms with Crippen molar-refractivity contribution in [2.24, 2.45) is 0 Å². The monoisotopic (exact) mass is 515 g/mol. The molecule has 0 unspecified atom stereocenters. The highest BCUT2D eigenvalue weighted by molar-refractivity contribution is 7.89. The summed E-state index contributed by atoms with van der Waals surface area (Å²) in [6.45, 7) is 1.82. The van der Waals surface area contributed by atoms with Crippen molar-refractivity contribution in [1.82, 2.24) is 14.2 Å². The van der Waals surface area contributed by atoms with Crippen LogP contribution in [0.15, 0.2) is 83.8 Å². The number of hydrogen-bond donors (Lipinski definition) is 1. The highest BCUT2D eigenvalue weighted by atomic mass is 32.2. The molecule has 0 spiro atoms. The van der Waals surface area contributed by atoms with Gasteiger partial charge in [0, 0.05) is 19.5 Å². The van der Waals surface area contributed by atoms with Crippen LogP contribution in [0.1, 0.15) is 28.4 Å². The summed E-state index contributed by atoms with van der Waals surface area (Å²) in [5.41, 5.74) is 1.05. The number of rotatable bonds is 5. The lowest BCUT2D eigenvalue weighted by molar-refractivity contribution is -0.137. The number of hydrogen-bond acceptors (Lipinski definition) is 3. The van der Waals surface area contributed by atoms with Crippen LogP contribution in [-0.4, -0.2) is 38.0 Å². The molecule has 0 aliphatic heterocycles. The van der Waals surface area contributed by atoms with Gasteiger partial charge in [-0.15, -0.1) is 0 Å². The summed E-state index contributed by atoms with van der Waals surface area (Å²) in [4.78, 5) is 14.5. The zero-order valence-corrected chi connectivity index (χ0v) is 20.6. The molecule has 1 aromatic heterocycles. The Labute approximate surface area is 207 Å². The fourth-order valence-corrected chi connectivity index (χ4v) is 5.10. The average Bonchev–Trinajstić information content (AvgIpc) is 3.21. The Hall–Kier alpha value is -3.63. The number of fused-ring (bicyclic) bond motifs is 1. The molecule has 6 nitrogen and oxygen atoms in total. The number of amides is 1. The first-order chi connectivity index (χ1) is 16.9. The van der Waals surface area contributed by atoms with E-state index in [1.165, 1.54) is 33.7 Å². The van der Waals surface area contributed by atoms with Crippen molar-refractivity contribution in [1.29, 1.82) is 0 Å². The maximum absolute atomic E-state index is 13.4. The van der Waals surface area contributed by atoms with Crippen LogP contribution in [0, 0.1) is 6.92 Å². The minimum Gasteiger partial charge on any atom is -0.330 e. The number of nitrogens with one attached hydrogen (secondary N) is 1. The van der Waals surface area contributed by atoms with Crippen LogP contribution in [0.25, 0.3) is 10.9 Å². The molecule has 1 heterocycles. The number of aryl methyl sites for hydroxylation is 1. The topological polar surface area (TPSA) is 71.4 Å². The van der Waals surface area contributed by atoms with E-state index in [1.807, 2.05) is 6.92 Å². The number of nitrogens with zero attached hydrogens (tertiary/aromatic N) is 2. The summed E-state index contributed by atoms with van der Waals surface area (Å²) in [7, 11) is -1.00. The number of aromatic nitrogens is 1. The molecule has 1 atom stereocenters. The van der Waals surface area contributed by atoms with E-state index in [-0.39, 0.29) is 16.2 Å². The van der Waals surface area contributed by atoms with Crippen molar-refractivity contribution in [3.8, 4) is 0 Å². The largest absolute Gasteiger partial charge is 0.416 e. The van der Waals surface area contributed by atoms with E-state index in [0.29, 0.717) is 10.9 Å². The van der Waals surface area contributed by atoms with E-state index in [2.05, 4.69) is 4.72 Å². The summed E-state index contributed by atoms with van der Waals surface area (Å²) >= 11 is 0. The van der Waals surface area contributed by atoms with Gasteiger partial charge in [0.2, 0.25) is 10.0 Å². The van der Waals surface area contributed by atoms with Gasteiger partial charge in [0.05, 0.1) is 27.7 Å². The van der Waals surface area contributed by atoms with E-state index < -0.39 is 33.8 Å². The van der Waals surface area contributed by atoms with Gasteiger partial charge >= 0.3 is 12.2 Å². The van der Waals surface area contributed by atoms with Crippen molar-refractivity contribution in [2.75, 3.05) is 14.1 Å². The Bertz CT molecular complexity index is 1510. The van der Waals surface area contributed by atoms with Gasteiger partial charge < -0.3 is 4.90 Å². The number of carbonyl (C=O) groups excluding carboxylic acids is 1. The maximum Gasteiger partial charge on any atom is 0.416 e. The van der Waals surface area contributed by atoms with Gasteiger partial charge in [0.15, 0.2) is 0 Å². The van der Waals surface area contributed by atoms with Crippen molar-refractivity contribution >= 4 is 27.0 Å². The third-order valence-electron chi connectivity index (χ3n) is 5.78. The van der Waals surface area contributed by atoms with E-state index >= 15 is 0 Å².